The van der Waals surface area contributed by atoms with Crippen LogP contribution < -0.4 is 21.0 Å². The number of β-amino-alcohol motifs (C(OH)–C–C–N with tert-alkyl or cyclic N) is 1. The Balaban J connectivity index is 2.41. The van der Waals surface area contributed by atoms with Crippen molar-refractivity contribution in [2.75, 3.05) is 36.0 Å². The molecule has 2 heterocycles. The number of fused-ring (bicyclic) bond motifs is 1. The van der Waals surface area contributed by atoms with E-state index in [4.69, 9.17) is 5.11 Å². The van der Waals surface area contributed by atoms with Gasteiger partial charge >= 0.3 is 5.69 Å². The molecule has 1 amide bonds. The second kappa shape index (κ2) is 7.78. The van der Waals surface area contributed by atoms with Gasteiger partial charge in [-0.2, -0.15) is 0 Å². The topological polar surface area (TPSA) is 187 Å². The van der Waals surface area contributed by atoms with Gasteiger partial charge in [0, 0.05) is 6.54 Å². The van der Waals surface area contributed by atoms with Crippen molar-refractivity contribution in [2.45, 2.75) is 25.2 Å². The summed E-state index contributed by atoms with van der Waals surface area (Å²) in [7, 11) is 0. The van der Waals surface area contributed by atoms with Gasteiger partial charge in [0.2, 0.25) is 5.91 Å². The number of carbonyl (C=O) groups excluding carboxylic acids is 2. The number of nitrogens with zero attached hydrogens (tertiary/aromatic N) is 2. The molecule has 0 bridgehead atoms. The smallest absolute Gasteiger partial charge is 0.327 e. The molecule has 1 aromatic rings. The minimum absolute atomic E-state index is 0.107. The molecule has 12 heteroatoms. The van der Waals surface area contributed by atoms with Crippen LogP contribution >= 0.6 is 0 Å². The average Bonchev–Trinajstić information content (AvgIpc) is 2.56. The minimum atomic E-state index is -1.72. The predicted molar refractivity (Wildman–Crippen MR) is 88.0 cm³/mol. The van der Waals surface area contributed by atoms with Crippen molar-refractivity contribution in [3.8, 4) is 0 Å². The van der Waals surface area contributed by atoms with E-state index < -0.39 is 55.2 Å². The first kappa shape index (κ1) is 19.8. The summed E-state index contributed by atoms with van der Waals surface area (Å²) < 4.78 is 0. The lowest BCUT2D eigenvalue weighted by atomic mass is 10.1. The molecule has 0 saturated carbocycles. The van der Waals surface area contributed by atoms with Crippen LogP contribution in [0, 0.1) is 0 Å². The van der Waals surface area contributed by atoms with Crippen molar-refractivity contribution in [1.82, 2.24) is 9.97 Å². The molecule has 0 radical (unpaired) electrons. The number of amides is 1. The van der Waals surface area contributed by atoms with Crippen molar-refractivity contribution < 1.29 is 30.0 Å². The molecule has 3 atom stereocenters. The maximum atomic E-state index is 12.3. The Morgan fingerprint density at radius 3 is 2.38 bits per heavy atom. The van der Waals surface area contributed by atoms with E-state index in [0.29, 0.717) is 0 Å². The van der Waals surface area contributed by atoms with Gasteiger partial charge < -0.3 is 25.3 Å². The van der Waals surface area contributed by atoms with Crippen LogP contribution in [0.25, 0.3) is 0 Å². The molecule has 2 rings (SSSR count). The van der Waals surface area contributed by atoms with Gasteiger partial charge in [-0.25, -0.2) is 4.79 Å². The number of rotatable bonds is 7. The van der Waals surface area contributed by atoms with Crippen LogP contribution in [0.5, 0.6) is 0 Å². The molecule has 0 aromatic carbocycles. The Kier molecular flexibility index (Phi) is 5.92. The third-order valence-electron chi connectivity index (χ3n) is 3.88. The number of H-pyrrole nitrogens is 2. The van der Waals surface area contributed by atoms with E-state index in [0.717, 1.165) is 9.80 Å². The van der Waals surface area contributed by atoms with Gasteiger partial charge in [-0.05, 0) is 6.92 Å². The summed E-state index contributed by atoms with van der Waals surface area (Å²) in [5.74, 6) is -1.12. The Labute approximate surface area is 146 Å². The number of nitrogens with one attached hydrogen (secondary N) is 2. The van der Waals surface area contributed by atoms with Gasteiger partial charge in [0.05, 0.1) is 19.7 Å². The molecule has 6 N–H and O–H groups in total. The SMILES string of the molecule is CC(=O)CN1C(=O)CN(C[C@H](O)[C@H](O)[C@H](O)CO)c2[nH]c(=O)[nH]c(=O)c21. The van der Waals surface area contributed by atoms with Gasteiger partial charge in [-0.15, -0.1) is 0 Å². The monoisotopic (exact) mass is 372 g/mol. The minimum Gasteiger partial charge on any atom is -0.394 e. The van der Waals surface area contributed by atoms with Crippen molar-refractivity contribution in [3.63, 3.8) is 0 Å². The normalized spacial score (nSPS) is 17.7. The highest BCUT2D eigenvalue weighted by atomic mass is 16.4. The lowest BCUT2D eigenvalue weighted by Crippen LogP contribution is -2.54. The van der Waals surface area contributed by atoms with E-state index in [-0.39, 0.29) is 23.8 Å². The second-order valence-electron chi connectivity index (χ2n) is 5.98. The van der Waals surface area contributed by atoms with E-state index in [1.165, 1.54) is 6.92 Å². The van der Waals surface area contributed by atoms with Crippen LogP contribution in [0.2, 0.25) is 0 Å². The summed E-state index contributed by atoms with van der Waals surface area (Å²) >= 11 is 0. The van der Waals surface area contributed by atoms with Crippen LogP contribution in [0.1, 0.15) is 6.92 Å². The number of hydrogen-bond donors (Lipinski definition) is 6. The predicted octanol–water partition coefficient (Wildman–Crippen LogP) is -4.12. The molecule has 0 fully saturated rings. The zero-order valence-electron chi connectivity index (χ0n) is 13.9. The summed E-state index contributed by atoms with van der Waals surface area (Å²) in [5.41, 5.74) is -2.02. The molecule has 1 aromatic heterocycles. The highest BCUT2D eigenvalue weighted by Crippen LogP contribution is 2.27. The summed E-state index contributed by atoms with van der Waals surface area (Å²) in [6, 6.07) is 0. The average molecular weight is 372 g/mol. The van der Waals surface area contributed by atoms with Gasteiger partial charge in [-0.1, -0.05) is 0 Å². The quantitative estimate of drug-likeness (QED) is 0.276. The van der Waals surface area contributed by atoms with Crippen LogP contribution in [-0.2, 0) is 9.59 Å². The lowest BCUT2D eigenvalue weighted by Gasteiger charge is -2.37. The summed E-state index contributed by atoms with van der Waals surface area (Å²) in [6.45, 7) is -0.752. The maximum Gasteiger partial charge on any atom is 0.327 e. The number of aliphatic hydroxyl groups is 4. The number of aliphatic hydroxyl groups excluding tert-OH is 4. The highest BCUT2D eigenvalue weighted by molar-refractivity contribution is 6.05. The fourth-order valence-electron chi connectivity index (χ4n) is 2.64. The second-order valence-corrected chi connectivity index (χ2v) is 5.98. The molecule has 12 nitrogen and oxygen atoms in total. The van der Waals surface area contributed by atoms with E-state index in [2.05, 4.69) is 4.98 Å². The van der Waals surface area contributed by atoms with E-state index in [1.807, 2.05) is 4.98 Å². The van der Waals surface area contributed by atoms with Gasteiger partial charge in [0.15, 0.2) is 5.69 Å². The van der Waals surface area contributed by atoms with E-state index in [1.54, 1.807) is 0 Å². The number of aromatic nitrogens is 2. The summed E-state index contributed by atoms with van der Waals surface area (Å²) in [5, 5.41) is 38.0. The van der Waals surface area contributed by atoms with E-state index >= 15 is 0 Å². The molecule has 1 aliphatic heterocycles. The van der Waals surface area contributed by atoms with Crippen molar-refractivity contribution >= 4 is 23.2 Å². The molecule has 0 spiro atoms. The molecular weight excluding hydrogens is 352 g/mol. The van der Waals surface area contributed by atoms with Crippen LogP contribution in [0.3, 0.4) is 0 Å². The Bertz CT molecular complexity index is 803. The highest BCUT2D eigenvalue weighted by Gasteiger charge is 2.35. The maximum absolute atomic E-state index is 12.3. The molecule has 26 heavy (non-hydrogen) atoms. The van der Waals surface area contributed by atoms with Crippen molar-refractivity contribution in [3.05, 3.63) is 20.8 Å². The first-order valence-corrected chi connectivity index (χ1v) is 7.72. The standard InChI is InChI=1S/C14H20N4O8/c1-6(20)2-18-9(23)4-17(3-7(21)11(24)8(22)5-19)12-10(18)13(25)16-14(26)15-12/h7-8,11,19,21-22,24H,2-5H2,1H3,(H2,15,16,25,26)/t7-,8+,11-/m0/s1. The van der Waals surface area contributed by atoms with Gasteiger partial charge in [0.25, 0.3) is 5.56 Å². The Morgan fingerprint density at radius 1 is 1.15 bits per heavy atom. The summed E-state index contributed by atoms with van der Waals surface area (Å²) in [4.78, 5) is 53.8. The molecule has 0 saturated heterocycles. The third kappa shape index (κ3) is 3.99. The molecule has 0 unspecified atom stereocenters. The van der Waals surface area contributed by atoms with Crippen molar-refractivity contribution in [2.24, 2.45) is 0 Å². The number of carbonyl (C=O) groups is 2. The first-order chi connectivity index (χ1) is 12.1. The largest absolute Gasteiger partial charge is 0.394 e. The zero-order valence-corrected chi connectivity index (χ0v) is 13.9. The van der Waals surface area contributed by atoms with Crippen LogP contribution in [0.15, 0.2) is 9.59 Å². The zero-order chi connectivity index (χ0) is 19.6. The molecule has 144 valence electrons. The summed E-state index contributed by atoms with van der Waals surface area (Å²) in [6.07, 6.45) is -4.93. The number of hydrogen-bond acceptors (Lipinski definition) is 9. The number of Topliss-reactive ketones (excluding diaryl/α,β-unsaturated/α-hetero) is 1. The Morgan fingerprint density at radius 2 is 1.81 bits per heavy atom. The van der Waals surface area contributed by atoms with Crippen molar-refractivity contribution in [1.29, 1.82) is 0 Å². The van der Waals surface area contributed by atoms with Crippen LogP contribution in [-0.4, -0.2) is 86.6 Å². The Hall–Kier alpha value is -2.54. The molecule has 0 aliphatic carbocycles. The number of anilines is 2. The van der Waals surface area contributed by atoms with Gasteiger partial charge in [0.1, 0.15) is 29.9 Å². The number of aromatic amines is 2. The lowest BCUT2D eigenvalue weighted by molar-refractivity contribution is -0.121. The van der Waals surface area contributed by atoms with Crippen LogP contribution in [0.4, 0.5) is 11.5 Å². The molecular formula is C14H20N4O8. The third-order valence-corrected chi connectivity index (χ3v) is 3.88. The number of ketones is 1. The molecule has 1 aliphatic rings. The first-order valence-electron chi connectivity index (χ1n) is 7.72. The fourth-order valence-corrected chi connectivity index (χ4v) is 2.64. The van der Waals surface area contributed by atoms with Gasteiger partial charge in [-0.3, -0.25) is 29.3 Å². The fraction of sp³-hybridized carbons (Fsp3) is 0.571. The van der Waals surface area contributed by atoms with E-state index in [9.17, 15) is 34.5 Å².